The molecule has 0 aliphatic carbocycles. The average Bonchev–Trinajstić information content (AvgIpc) is 3.41. The molecule has 3 heterocycles. The van der Waals surface area contributed by atoms with Crippen LogP contribution < -0.4 is 5.32 Å². The highest BCUT2D eigenvalue weighted by Gasteiger charge is 2.37. The summed E-state index contributed by atoms with van der Waals surface area (Å²) in [6, 6.07) is 16.4. The summed E-state index contributed by atoms with van der Waals surface area (Å²) in [5, 5.41) is 7.86. The molecule has 0 saturated carbocycles. The van der Waals surface area contributed by atoms with E-state index in [4.69, 9.17) is 16.0 Å². The first kappa shape index (κ1) is 20.1. The monoisotopic (exact) mass is 456 g/mol. The van der Waals surface area contributed by atoms with Crippen molar-refractivity contribution in [2.45, 2.75) is 6.18 Å². The maximum absolute atomic E-state index is 13.7. The summed E-state index contributed by atoms with van der Waals surface area (Å²) in [5.74, 6) is -0.637. The summed E-state index contributed by atoms with van der Waals surface area (Å²) in [5.41, 5.74) is -1.44. The fourth-order valence-corrected chi connectivity index (χ4v) is 3.65. The van der Waals surface area contributed by atoms with Gasteiger partial charge in [-0.05, 0) is 29.7 Å². The van der Waals surface area contributed by atoms with E-state index in [1.165, 1.54) is 18.4 Å². The molecule has 5 aromatic rings. The number of carbonyl (C=O) groups excluding carboxylic acids is 1. The third-order valence-corrected chi connectivity index (χ3v) is 5.20. The number of furan rings is 1. The van der Waals surface area contributed by atoms with E-state index in [1.54, 1.807) is 12.1 Å². The lowest BCUT2D eigenvalue weighted by molar-refractivity contribution is -0.142. The van der Waals surface area contributed by atoms with E-state index in [0.717, 1.165) is 16.8 Å². The summed E-state index contributed by atoms with van der Waals surface area (Å²) < 4.78 is 46.9. The quantitative estimate of drug-likeness (QED) is 0.358. The Morgan fingerprint density at radius 1 is 1.06 bits per heavy atom. The van der Waals surface area contributed by atoms with E-state index in [9.17, 15) is 18.0 Å². The molecule has 1 N–H and O–H groups in total. The number of benzene rings is 2. The predicted octanol–water partition coefficient (Wildman–Crippen LogP) is 6.07. The highest BCUT2D eigenvalue weighted by molar-refractivity contribution is 6.37. The van der Waals surface area contributed by atoms with Crippen LogP contribution in [0, 0.1) is 0 Å². The Labute approximate surface area is 183 Å². The molecule has 0 spiro atoms. The van der Waals surface area contributed by atoms with E-state index in [1.807, 2.05) is 30.3 Å². The second kappa shape index (κ2) is 7.38. The van der Waals surface area contributed by atoms with Crippen molar-refractivity contribution < 1.29 is 22.4 Å². The van der Waals surface area contributed by atoms with Crippen LogP contribution in [0.15, 0.2) is 71.3 Å². The first-order valence-electron chi connectivity index (χ1n) is 9.32. The number of amides is 1. The summed E-state index contributed by atoms with van der Waals surface area (Å²) in [7, 11) is 0. The van der Waals surface area contributed by atoms with E-state index < -0.39 is 17.8 Å². The van der Waals surface area contributed by atoms with E-state index in [-0.39, 0.29) is 27.8 Å². The minimum absolute atomic E-state index is 0.0855. The number of carbonyl (C=O) groups is 1. The van der Waals surface area contributed by atoms with Gasteiger partial charge >= 0.3 is 6.18 Å². The number of nitrogens with one attached hydrogen (secondary N) is 1. The van der Waals surface area contributed by atoms with Crippen LogP contribution in [0.25, 0.3) is 27.9 Å². The Balaban J connectivity index is 1.63. The Bertz CT molecular complexity index is 1470. The second-order valence-electron chi connectivity index (χ2n) is 6.88. The maximum Gasteiger partial charge on any atom is 0.433 e. The van der Waals surface area contributed by atoms with Gasteiger partial charge in [0.15, 0.2) is 22.8 Å². The molecule has 0 bridgehead atoms. The summed E-state index contributed by atoms with van der Waals surface area (Å²) >= 11 is 6.29. The zero-order chi connectivity index (χ0) is 22.5. The minimum atomic E-state index is -4.78. The number of hydrogen-bond donors (Lipinski definition) is 1. The topological polar surface area (TPSA) is 72.4 Å². The number of alkyl halides is 3. The number of halogens is 4. The molecule has 160 valence electrons. The highest BCUT2D eigenvalue weighted by atomic mass is 35.5. The number of hydrogen-bond acceptors (Lipinski definition) is 4. The lowest BCUT2D eigenvalue weighted by Gasteiger charge is -2.10. The summed E-state index contributed by atoms with van der Waals surface area (Å²) in [6.07, 6.45) is -3.46. The second-order valence-corrected chi connectivity index (χ2v) is 7.26. The van der Waals surface area contributed by atoms with Crippen LogP contribution in [0.1, 0.15) is 16.2 Å². The van der Waals surface area contributed by atoms with Gasteiger partial charge in [0.2, 0.25) is 0 Å². The first-order valence-corrected chi connectivity index (χ1v) is 9.70. The highest BCUT2D eigenvalue weighted by Crippen LogP contribution is 2.35. The normalized spacial score (nSPS) is 11.9. The molecule has 0 aliphatic heterocycles. The van der Waals surface area contributed by atoms with Crippen molar-refractivity contribution in [1.82, 2.24) is 14.6 Å². The summed E-state index contributed by atoms with van der Waals surface area (Å²) in [6.45, 7) is 0. The molecule has 32 heavy (non-hydrogen) atoms. The number of aromatic nitrogens is 3. The van der Waals surface area contributed by atoms with Gasteiger partial charge in [0.1, 0.15) is 10.7 Å². The molecule has 10 heteroatoms. The minimum Gasteiger partial charge on any atom is -0.463 e. The van der Waals surface area contributed by atoms with Crippen molar-refractivity contribution in [3.8, 4) is 11.5 Å². The van der Waals surface area contributed by atoms with E-state index in [2.05, 4.69) is 15.4 Å². The Morgan fingerprint density at radius 3 is 2.59 bits per heavy atom. The van der Waals surface area contributed by atoms with Crippen molar-refractivity contribution >= 4 is 39.6 Å². The van der Waals surface area contributed by atoms with Gasteiger partial charge in [-0.1, -0.05) is 48.0 Å². The molecule has 5 rings (SSSR count). The third kappa shape index (κ3) is 3.36. The van der Waals surface area contributed by atoms with Crippen molar-refractivity contribution in [1.29, 1.82) is 0 Å². The molecule has 0 unspecified atom stereocenters. The molecular formula is C22H12ClF3N4O2. The fourth-order valence-electron chi connectivity index (χ4n) is 3.41. The van der Waals surface area contributed by atoms with Gasteiger partial charge in [-0.2, -0.15) is 18.3 Å². The lowest BCUT2D eigenvalue weighted by Crippen LogP contribution is -2.16. The van der Waals surface area contributed by atoms with Crippen molar-refractivity contribution in [3.05, 3.63) is 83.3 Å². The molecular weight excluding hydrogens is 445 g/mol. The molecule has 0 fully saturated rings. The van der Waals surface area contributed by atoms with Crippen molar-refractivity contribution in [2.75, 3.05) is 5.32 Å². The zero-order valence-electron chi connectivity index (χ0n) is 16.0. The number of fused-ring (bicyclic) bond motifs is 2. The molecule has 0 saturated heterocycles. The largest absolute Gasteiger partial charge is 0.463 e. The molecule has 3 aromatic heterocycles. The van der Waals surface area contributed by atoms with Crippen LogP contribution in [0.2, 0.25) is 5.02 Å². The van der Waals surface area contributed by atoms with Crippen LogP contribution >= 0.6 is 11.6 Å². The van der Waals surface area contributed by atoms with Gasteiger partial charge in [0, 0.05) is 11.1 Å². The third-order valence-electron chi connectivity index (χ3n) is 4.85. The number of nitrogens with zero attached hydrogens (tertiary/aromatic N) is 3. The Kier molecular flexibility index (Phi) is 4.63. The molecule has 0 atom stereocenters. The van der Waals surface area contributed by atoms with Crippen molar-refractivity contribution in [2.24, 2.45) is 0 Å². The Morgan fingerprint density at radius 2 is 1.84 bits per heavy atom. The van der Waals surface area contributed by atoms with Crippen LogP contribution in [0.4, 0.5) is 18.9 Å². The number of anilines is 1. The van der Waals surface area contributed by atoms with Gasteiger partial charge < -0.3 is 9.73 Å². The van der Waals surface area contributed by atoms with Gasteiger partial charge in [0.25, 0.3) is 5.91 Å². The van der Waals surface area contributed by atoms with Crippen LogP contribution in [0.5, 0.6) is 0 Å². The number of rotatable bonds is 3. The van der Waals surface area contributed by atoms with Crippen LogP contribution in [-0.4, -0.2) is 20.5 Å². The van der Waals surface area contributed by atoms with Crippen LogP contribution in [0.3, 0.4) is 0 Å². The molecule has 0 radical (unpaired) electrons. The lowest BCUT2D eigenvalue weighted by atomic mass is 10.1. The Hall–Kier alpha value is -3.85. The van der Waals surface area contributed by atoms with Gasteiger partial charge in [-0.15, -0.1) is 0 Å². The van der Waals surface area contributed by atoms with Gasteiger partial charge in [-0.3, -0.25) is 4.79 Å². The average molecular weight is 457 g/mol. The maximum atomic E-state index is 13.7. The molecule has 6 nitrogen and oxygen atoms in total. The van der Waals surface area contributed by atoms with Crippen LogP contribution in [-0.2, 0) is 6.18 Å². The smallest absolute Gasteiger partial charge is 0.433 e. The zero-order valence-corrected chi connectivity index (χ0v) is 16.8. The first-order chi connectivity index (χ1) is 15.3. The molecule has 1 amide bonds. The molecule has 0 aliphatic rings. The standard InChI is InChI=1S/C22H12ClF3N4O2/c23-18-19(21(31)28-14-8-3-6-12-5-1-2-7-13(12)14)29-30-17(22(24,25)26)11-15(27-20(18)30)16-9-4-10-32-16/h1-11H,(H,28,31). The van der Waals surface area contributed by atoms with E-state index >= 15 is 0 Å². The van der Waals surface area contributed by atoms with E-state index in [0.29, 0.717) is 10.2 Å². The van der Waals surface area contributed by atoms with Crippen molar-refractivity contribution in [3.63, 3.8) is 0 Å². The SMILES string of the molecule is O=C(Nc1cccc2ccccc12)c1nn2c(C(F)(F)F)cc(-c3ccco3)nc2c1Cl. The fraction of sp³-hybridized carbons (Fsp3) is 0.0455. The van der Waals surface area contributed by atoms with Gasteiger partial charge in [-0.25, -0.2) is 9.50 Å². The summed E-state index contributed by atoms with van der Waals surface area (Å²) in [4.78, 5) is 17.1. The van der Waals surface area contributed by atoms with Gasteiger partial charge in [0.05, 0.1) is 6.26 Å². The predicted molar refractivity (Wildman–Crippen MR) is 113 cm³/mol. The molecule has 2 aromatic carbocycles.